The number of benzene rings is 1. The van der Waals surface area contributed by atoms with Gasteiger partial charge in [0.25, 0.3) is 5.91 Å². The van der Waals surface area contributed by atoms with Crippen LogP contribution in [0.4, 0.5) is 5.69 Å². The molecule has 0 aliphatic heterocycles. The average molecular weight is 277 g/mol. The molecule has 110 valence electrons. The molecule has 0 saturated heterocycles. The van der Waals surface area contributed by atoms with Gasteiger partial charge in [0.2, 0.25) is 0 Å². The Kier molecular flexibility index (Phi) is 5.24. The summed E-state index contributed by atoms with van der Waals surface area (Å²) in [5, 5.41) is 6.02. The van der Waals surface area contributed by atoms with Crippen LogP contribution >= 0.6 is 0 Å². The van der Waals surface area contributed by atoms with Gasteiger partial charge in [0.15, 0.2) is 6.61 Å². The standard InChI is InChI=1S/C15H23N3O2/c1-17-15(19)10-20-14-7-3-6-13(9-14)18-12-5-2-4-11(16)8-12/h3,6-7,9,11-12,18H,2,4-5,8,10,16H2,1H3,(H,17,19). The zero-order chi connectivity index (χ0) is 14.4. The van der Waals surface area contributed by atoms with Gasteiger partial charge in [-0.2, -0.15) is 0 Å². The van der Waals surface area contributed by atoms with Gasteiger partial charge in [-0.3, -0.25) is 4.79 Å². The SMILES string of the molecule is CNC(=O)COc1cccc(NC2CCCC(N)C2)c1. The largest absolute Gasteiger partial charge is 0.484 e. The fourth-order valence-electron chi connectivity index (χ4n) is 2.49. The molecule has 1 aliphatic carbocycles. The zero-order valence-electron chi connectivity index (χ0n) is 11.9. The predicted octanol–water partition coefficient (Wildman–Crippen LogP) is 1.49. The van der Waals surface area contributed by atoms with Crippen LogP contribution in [0, 0.1) is 0 Å². The highest BCUT2D eigenvalue weighted by atomic mass is 16.5. The summed E-state index contributed by atoms with van der Waals surface area (Å²) in [5.74, 6) is 0.556. The van der Waals surface area contributed by atoms with Crippen LogP contribution in [0.3, 0.4) is 0 Å². The van der Waals surface area contributed by atoms with Crippen molar-refractivity contribution in [3.8, 4) is 5.75 Å². The van der Waals surface area contributed by atoms with Gasteiger partial charge < -0.3 is 21.1 Å². The summed E-state index contributed by atoms with van der Waals surface area (Å²) >= 11 is 0. The smallest absolute Gasteiger partial charge is 0.257 e. The molecule has 1 amide bonds. The number of likely N-dealkylation sites (N-methyl/N-ethyl adjacent to an activating group) is 1. The quantitative estimate of drug-likeness (QED) is 0.762. The van der Waals surface area contributed by atoms with Gasteiger partial charge in [0.05, 0.1) is 0 Å². The average Bonchev–Trinajstić information content (AvgIpc) is 2.45. The third kappa shape index (κ3) is 4.42. The van der Waals surface area contributed by atoms with Gasteiger partial charge in [-0.15, -0.1) is 0 Å². The third-order valence-electron chi connectivity index (χ3n) is 3.57. The summed E-state index contributed by atoms with van der Waals surface area (Å²) in [6.07, 6.45) is 4.44. The number of nitrogens with one attached hydrogen (secondary N) is 2. The maximum absolute atomic E-state index is 11.2. The van der Waals surface area contributed by atoms with E-state index in [1.165, 1.54) is 6.42 Å². The molecule has 0 aromatic heterocycles. The van der Waals surface area contributed by atoms with E-state index in [1.54, 1.807) is 7.05 Å². The van der Waals surface area contributed by atoms with Crippen molar-refractivity contribution in [3.05, 3.63) is 24.3 Å². The Bertz CT molecular complexity index is 450. The van der Waals surface area contributed by atoms with Crippen LogP contribution in [0.5, 0.6) is 5.75 Å². The Morgan fingerprint density at radius 2 is 2.30 bits per heavy atom. The summed E-state index contributed by atoms with van der Waals surface area (Å²) < 4.78 is 5.43. The van der Waals surface area contributed by atoms with E-state index < -0.39 is 0 Å². The van der Waals surface area contributed by atoms with Crippen LogP contribution in [-0.4, -0.2) is 31.6 Å². The van der Waals surface area contributed by atoms with Gasteiger partial charge in [-0.05, 0) is 37.8 Å². The molecule has 1 aliphatic rings. The highest BCUT2D eigenvalue weighted by Crippen LogP contribution is 2.23. The summed E-state index contributed by atoms with van der Waals surface area (Å²) in [7, 11) is 1.59. The lowest BCUT2D eigenvalue weighted by atomic mass is 9.91. The number of carbonyl (C=O) groups is 1. The minimum atomic E-state index is -0.137. The van der Waals surface area contributed by atoms with Crippen LogP contribution in [0.25, 0.3) is 0 Å². The first-order valence-corrected chi connectivity index (χ1v) is 7.13. The van der Waals surface area contributed by atoms with E-state index >= 15 is 0 Å². The highest BCUT2D eigenvalue weighted by molar-refractivity contribution is 5.77. The first kappa shape index (κ1) is 14.7. The molecule has 4 N–H and O–H groups in total. The van der Waals surface area contributed by atoms with Gasteiger partial charge in [-0.25, -0.2) is 0 Å². The van der Waals surface area contributed by atoms with Crippen molar-refractivity contribution in [1.82, 2.24) is 5.32 Å². The number of rotatable bonds is 5. The van der Waals surface area contributed by atoms with E-state index in [0.29, 0.717) is 17.8 Å². The highest BCUT2D eigenvalue weighted by Gasteiger charge is 2.18. The Hall–Kier alpha value is -1.75. The van der Waals surface area contributed by atoms with Crippen molar-refractivity contribution in [2.24, 2.45) is 5.73 Å². The summed E-state index contributed by atoms with van der Waals surface area (Å²) in [6.45, 7) is 0.0360. The lowest BCUT2D eigenvalue weighted by Gasteiger charge is -2.28. The summed E-state index contributed by atoms with van der Waals surface area (Å²) in [5.41, 5.74) is 7.01. The number of nitrogens with two attached hydrogens (primary N) is 1. The predicted molar refractivity (Wildman–Crippen MR) is 79.9 cm³/mol. The molecule has 1 aromatic carbocycles. The van der Waals surface area contributed by atoms with E-state index in [9.17, 15) is 4.79 Å². The van der Waals surface area contributed by atoms with E-state index in [-0.39, 0.29) is 12.5 Å². The van der Waals surface area contributed by atoms with Crippen molar-refractivity contribution < 1.29 is 9.53 Å². The molecule has 0 bridgehead atoms. The summed E-state index contributed by atoms with van der Waals surface area (Å²) in [4.78, 5) is 11.2. The minimum Gasteiger partial charge on any atom is -0.484 e. The second-order valence-corrected chi connectivity index (χ2v) is 5.26. The van der Waals surface area contributed by atoms with Crippen LogP contribution in [0.15, 0.2) is 24.3 Å². The molecule has 0 heterocycles. The Labute approximate surface area is 119 Å². The normalized spacial score (nSPS) is 22.1. The molecule has 5 heteroatoms. The van der Waals surface area contributed by atoms with E-state index in [2.05, 4.69) is 10.6 Å². The monoisotopic (exact) mass is 277 g/mol. The second-order valence-electron chi connectivity index (χ2n) is 5.26. The maximum Gasteiger partial charge on any atom is 0.257 e. The Morgan fingerprint density at radius 1 is 1.45 bits per heavy atom. The molecule has 2 unspecified atom stereocenters. The van der Waals surface area contributed by atoms with Gasteiger partial charge in [-0.1, -0.05) is 6.07 Å². The van der Waals surface area contributed by atoms with E-state index in [1.807, 2.05) is 24.3 Å². The molecule has 0 spiro atoms. The topological polar surface area (TPSA) is 76.4 Å². The molecule has 0 radical (unpaired) electrons. The van der Waals surface area contributed by atoms with Crippen molar-refractivity contribution in [3.63, 3.8) is 0 Å². The fraction of sp³-hybridized carbons (Fsp3) is 0.533. The zero-order valence-corrected chi connectivity index (χ0v) is 11.9. The lowest BCUT2D eigenvalue weighted by Crippen LogP contribution is -2.34. The van der Waals surface area contributed by atoms with E-state index in [0.717, 1.165) is 24.9 Å². The Morgan fingerprint density at radius 3 is 3.05 bits per heavy atom. The number of hydrogen-bond acceptors (Lipinski definition) is 4. The number of amides is 1. The van der Waals surface area contributed by atoms with E-state index in [4.69, 9.17) is 10.5 Å². The third-order valence-corrected chi connectivity index (χ3v) is 3.57. The second kappa shape index (κ2) is 7.14. The molecule has 5 nitrogen and oxygen atoms in total. The van der Waals surface area contributed by atoms with Crippen molar-refractivity contribution in [2.45, 2.75) is 37.8 Å². The minimum absolute atomic E-state index is 0.0360. The maximum atomic E-state index is 11.2. The number of ether oxygens (including phenoxy) is 1. The molecule has 1 saturated carbocycles. The molecular formula is C15H23N3O2. The molecule has 2 rings (SSSR count). The Balaban J connectivity index is 1.90. The van der Waals surface area contributed by atoms with Gasteiger partial charge >= 0.3 is 0 Å². The lowest BCUT2D eigenvalue weighted by molar-refractivity contribution is -0.122. The molecule has 1 fully saturated rings. The number of anilines is 1. The van der Waals surface area contributed by atoms with Crippen LogP contribution in [0.2, 0.25) is 0 Å². The molecule has 2 atom stereocenters. The van der Waals surface area contributed by atoms with Gasteiger partial charge in [0.1, 0.15) is 5.75 Å². The van der Waals surface area contributed by atoms with Crippen LogP contribution < -0.4 is 21.1 Å². The number of carbonyl (C=O) groups excluding carboxylic acids is 1. The first-order chi connectivity index (χ1) is 9.67. The number of hydrogen-bond donors (Lipinski definition) is 3. The molecule has 20 heavy (non-hydrogen) atoms. The first-order valence-electron chi connectivity index (χ1n) is 7.13. The van der Waals surface area contributed by atoms with Crippen LogP contribution in [0.1, 0.15) is 25.7 Å². The molecular weight excluding hydrogens is 254 g/mol. The van der Waals surface area contributed by atoms with Crippen molar-refractivity contribution in [1.29, 1.82) is 0 Å². The summed E-state index contributed by atoms with van der Waals surface area (Å²) in [6, 6.07) is 8.42. The van der Waals surface area contributed by atoms with Gasteiger partial charge in [0, 0.05) is 30.9 Å². The van der Waals surface area contributed by atoms with Crippen molar-refractivity contribution >= 4 is 11.6 Å². The van der Waals surface area contributed by atoms with Crippen molar-refractivity contribution in [2.75, 3.05) is 19.0 Å². The van der Waals surface area contributed by atoms with Crippen LogP contribution in [-0.2, 0) is 4.79 Å². The fourth-order valence-corrected chi connectivity index (χ4v) is 2.49. The molecule has 1 aromatic rings.